The molecule has 0 bridgehead atoms. The fourth-order valence-electron chi connectivity index (χ4n) is 2.58. The molecule has 0 atom stereocenters. The molecule has 0 aliphatic heterocycles. The van der Waals surface area contributed by atoms with Crippen molar-refractivity contribution in [3.05, 3.63) is 22.7 Å². The Hall–Kier alpha value is -1.91. The van der Waals surface area contributed by atoms with Crippen LogP contribution in [0.25, 0.3) is 11.1 Å². The molecule has 2 aromatic rings. The molecule has 96 valence electrons. The summed E-state index contributed by atoms with van der Waals surface area (Å²) < 4.78 is 4.98. The number of nitrogens with one attached hydrogen (secondary N) is 2. The van der Waals surface area contributed by atoms with E-state index in [-0.39, 0.29) is 5.54 Å². The van der Waals surface area contributed by atoms with Crippen LogP contribution in [0.2, 0.25) is 0 Å². The van der Waals surface area contributed by atoms with E-state index in [1.54, 1.807) is 6.07 Å². The minimum atomic E-state index is -0.449. The molecule has 0 spiro atoms. The molecule has 0 saturated heterocycles. The summed E-state index contributed by atoms with van der Waals surface area (Å²) in [5.74, 6) is -0.449. The monoisotopic (exact) mass is 247 g/mol. The van der Waals surface area contributed by atoms with Crippen molar-refractivity contribution in [1.82, 2.24) is 4.98 Å². The van der Waals surface area contributed by atoms with E-state index in [1.165, 1.54) is 19.3 Å². The van der Waals surface area contributed by atoms with Crippen molar-refractivity contribution in [2.75, 3.05) is 11.1 Å². The fourth-order valence-corrected chi connectivity index (χ4v) is 2.58. The third-order valence-electron chi connectivity index (χ3n) is 3.98. The van der Waals surface area contributed by atoms with Crippen LogP contribution < -0.4 is 16.8 Å². The highest BCUT2D eigenvalue weighted by molar-refractivity contribution is 5.85. The molecule has 0 unspecified atom stereocenters. The van der Waals surface area contributed by atoms with E-state index in [0.29, 0.717) is 16.8 Å². The third-order valence-corrected chi connectivity index (χ3v) is 3.98. The number of nitrogen functional groups attached to an aromatic ring is 1. The molecule has 5 nitrogen and oxygen atoms in total. The zero-order chi connectivity index (χ0) is 12.8. The Kier molecular flexibility index (Phi) is 2.36. The quantitative estimate of drug-likeness (QED) is 0.727. The highest BCUT2D eigenvalue weighted by atomic mass is 16.4. The summed E-state index contributed by atoms with van der Waals surface area (Å²) in [5, 5.41) is 3.52. The van der Waals surface area contributed by atoms with Crippen molar-refractivity contribution >= 4 is 22.5 Å². The van der Waals surface area contributed by atoms with Crippen LogP contribution in [0.5, 0.6) is 0 Å². The van der Waals surface area contributed by atoms with Crippen molar-refractivity contribution in [2.45, 2.75) is 38.1 Å². The number of anilines is 2. The maximum atomic E-state index is 11.1. The molecule has 1 aliphatic carbocycles. The van der Waals surface area contributed by atoms with E-state index >= 15 is 0 Å². The van der Waals surface area contributed by atoms with Gasteiger partial charge in [0, 0.05) is 11.6 Å². The molecule has 5 heteroatoms. The second kappa shape index (κ2) is 3.80. The van der Waals surface area contributed by atoms with Crippen molar-refractivity contribution in [2.24, 2.45) is 0 Å². The number of hydrogen-bond donors (Lipinski definition) is 3. The molecule has 18 heavy (non-hydrogen) atoms. The third kappa shape index (κ3) is 1.66. The molecule has 1 heterocycles. The highest BCUT2D eigenvalue weighted by Gasteiger charge is 2.35. The Morgan fingerprint density at radius 3 is 2.89 bits per heavy atom. The summed E-state index contributed by atoms with van der Waals surface area (Å²) in [7, 11) is 0. The van der Waals surface area contributed by atoms with Crippen molar-refractivity contribution in [1.29, 1.82) is 0 Å². The second-order valence-corrected chi connectivity index (χ2v) is 5.06. The summed E-state index contributed by atoms with van der Waals surface area (Å²) in [6.07, 6.45) is 4.67. The first-order valence-corrected chi connectivity index (χ1v) is 6.32. The van der Waals surface area contributed by atoms with E-state index in [1.807, 2.05) is 6.07 Å². The first-order chi connectivity index (χ1) is 8.62. The number of hydrogen-bond acceptors (Lipinski definition) is 4. The molecule has 3 rings (SSSR count). The van der Waals surface area contributed by atoms with Crippen LogP contribution in [0.3, 0.4) is 0 Å². The highest BCUT2D eigenvalue weighted by Crippen LogP contribution is 2.39. The number of oxazole rings is 1. The lowest BCUT2D eigenvalue weighted by Gasteiger charge is -2.43. The number of aromatic amines is 1. The topological polar surface area (TPSA) is 84.0 Å². The van der Waals surface area contributed by atoms with Crippen LogP contribution in [-0.2, 0) is 0 Å². The van der Waals surface area contributed by atoms with E-state index in [0.717, 1.165) is 12.1 Å². The van der Waals surface area contributed by atoms with Crippen LogP contribution in [0.1, 0.15) is 32.6 Å². The predicted octanol–water partition coefficient (Wildman–Crippen LogP) is 2.45. The molecule has 1 fully saturated rings. The molecular weight excluding hydrogens is 230 g/mol. The lowest BCUT2D eigenvalue weighted by atomic mass is 9.74. The van der Waals surface area contributed by atoms with Crippen LogP contribution in [0.15, 0.2) is 21.3 Å². The van der Waals surface area contributed by atoms with Gasteiger partial charge in [0.15, 0.2) is 5.58 Å². The van der Waals surface area contributed by atoms with Crippen molar-refractivity contribution in [3.63, 3.8) is 0 Å². The summed E-state index contributed by atoms with van der Waals surface area (Å²) in [5.41, 5.74) is 8.85. The van der Waals surface area contributed by atoms with Crippen LogP contribution in [-0.4, -0.2) is 10.5 Å². The maximum absolute atomic E-state index is 11.1. The van der Waals surface area contributed by atoms with Crippen LogP contribution in [0, 0.1) is 0 Å². The molecule has 1 aromatic heterocycles. The number of fused-ring (bicyclic) bond motifs is 1. The normalized spacial score (nSPS) is 17.6. The molecule has 1 aliphatic rings. The average molecular weight is 247 g/mol. The van der Waals surface area contributed by atoms with Gasteiger partial charge in [-0.3, -0.25) is 4.98 Å². The Balaban J connectivity index is 2.00. The number of nitrogens with two attached hydrogens (primary N) is 1. The van der Waals surface area contributed by atoms with Gasteiger partial charge >= 0.3 is 5.76 Å². The number of benzene rings is 1. The van der Waals surface area contributed by atoms with E-state index in [9.17, 15) is 4.79 Å². The molecule has 1 saturated carbocycles. The van der Waals surface area contributed by atoms with Crippen LogP contribution >= 0.6 is 0 Å². The number of rotatable bonds is 3. The lowest BCUT2D eigenvalue weighted by molar-refractivity contribution is 0.270. The molecule has 1 aromatic carbocycles. The van der Waals surface area contributed by atoms with Gasteiger partial charge in [-0.2, -0.15) is 0 Å². The Morgan fingerprint density at radius 2 is 2.28 bits per heavy atom. The van der Waals surface area contributed by atoms with Gasteiger partial charge in [-0.1, -0.05) is 6.92 Å². The number of H-pyrrole nitrogens is 1. The largest absolute Gasteiger partial charge is 0.417 e. The SMILES string of the molecule is CCC1(Nc2cc3[nH]c(=O)oc3cc2N)CCC1. The summed E-state index contributed by atoms with van der Waals surface area (Å²) >= 11 is 0. The molecule has 0 radical (unpaired) electrons. The smallest absolute Gasteiger partial charge is 0.408 e. The van der Waals surface area contributed by atoms with Crippen LogP contribution in [0.4, 0.5) is 11.4 Å². The zero-order valence-corrected chi connectivity index (χ0v) is 10.4. The molecule has 4 N–H and O–H groups in total. The van der Waals surface area contributed by atoms with Crippen molar-refractivity contribution < 1.29 is 4.42 Å². The summed E-state index contributed by atoms with van der Waals surface area (Å²) in [4.78, 5) is 13.8. The van der Waals surface area contributed by atoms with E-state index in [2.05, 4.69) is 17.2 Å². The summed E-state index contributed by atoms with van der Waals surface area (Å²) in [6, 6.07) is 3.54. The zero-order valence-electron chi connectivity index (χ0n) is 10.4. The first kappa shape index (κ1) is 11.2. The second-order valence-electron chi connectivity index (χ2n) is 5.06. The summed E-state index contributed by atoms with van der Waals surface area (Å²) in [6.45, 7) is 2.18. The lowest BCUT2D eigenvalue weighted by Crippen LogP contribution is -2.44. The van der Waals surface area contributed by atoms with Gasteiger partial charge in [0.1, 0.15) is 0 Å². The van der Waals surface area contributed by atoms with E-state index < -0.39 is 5.76 Å². The first-order valence-electron chi connectivity index (χ1n) is 6.32. The molecular formula is C13H17N3O2. The Labute approximate surface area is 104 Å². The minimum absolute atomic E-state index is 0.172. The van der Waals surface area contributed by atoms with Gasteiger partial charge in [-0.15, -0.1) is 0 Å². The predicted molar refractivity (Wildman–Crippen MR) is 71.7 cm³/mol. The Morgan fingerprint density at radius 1 is 1.50 bits per heavy atom. The Bertz CT molecular complexity index is 632. The van der Waals surface area contributed by atoms with Gasteiger partial charge in [-0.25, -0.2) is 4.79 Å². The van der Waals surface area contributed by atoms with Gasteiger partial charge in [0.25, 0.3) is 0 Å². The molecule has 0 amide bonds. The van der Waals surface area contributed by atoms with Gasteiger partial charge < -0.3 is 15.5 Å². The fraction of sp³-hybridized carbons (Fsp3) is 0.462. The van der Waals surface area contributed by atoms with Gasteiger partial charge in [0.2, 0.25) is 0 Å². The van der Waals surface area contributed by atoms with Crippen molar-refractivity contribution in [3.8, 4) is 0 Å². The standard InChI is InChI=1S/C13H17N3O2/c1-2-13(4-3-5-13)16-9-7-10-11(6-8(9)14)18-12(17)15-10/h6-7,16H,2-5,14H2,1H3,(H,15,17). The van der Waals surface area contributed by atoms with Gasteiger partial charge in [-0.05, 0) is 31.7 Å². The average Bonchev–Trinajstić information content (AvgIpc) is 2.63. The van der Waals surface area contributed by atoms with E-state index in [4.69, 9.17) is 10.2 Å². The van der Waals surface area contributed by atoms with Gasteiger partial charge in [0.05, 0.1) is 16.9 Å². The maximum Gasteiger partial charge on any atom is 0.417 e. The number of aromatic nitrogens is 1. The minimum Gasteiger partial charge on any atom is -0.408 e.